The van der Waals surface area contributed by atoms with E-state index in [4.69, 9.17) is 0 Å². The standard InChI is InChI=1S/C12H22N2S2/c1-12(2,3)10-9-16-11(14-10)8-13-6-5-7-15-4/h9,13H,5-8H2,1-4H3. The van der Waals surface area contributed by atoms with Gasteiger partial charge in [0.15, 0.2) is 0 Å². The highest BCUT2D eigenvalue weighted by Crippen LogP contribution is 2.23. The molecule has 0 saturated heterocycles. The van der Waals surface area contributed by atoms with Crippen LogP contribution in [-0.4, -0.2) is 23.5 Å². The zero-order valence-electron chi connectivity index (χ0n) is 10.7. The van der Waals surface area contributed by atoms with Crippen molar-refractivity contribution in [2.45, 2.75) is 39.2 Å². The summed E-state index contributed by atoms with van der Waals surface area (Å²) in [4.78, 5) is 4.65. The second-order valence-corrected chi connectivity index (χ2v) is 6.83. The van der Waals surface area contributed by atoms with E-state index in [0.29, 0.717) is 0 Å². The Hall–Kier alpha value is -0.0600. The van der Waals surface area contributed by atoms with Gasteiger partial charge in [-0.2, -0.15) is 11.8 Å². The maximum atomic E-state index is 4.65. The van der Waals surface area contributed by atoms with Gasteiger partial charge in [-0.1, -0.05) is 20.8 Å². The molecule has 1 aromatic rings. The van der Waals surface area contributed by atoms with Gasteiger partial charge in [-0.05, 0) is 25.0 Å². The van der Waals surface area contributed by atoms with Gasteiger partial charge in [0.05, 0.1) is 5.69 Å². The fraction of sp³-hybridized carbons (Fsp3) is 0.750. The number of rotatable bonds is 6. The highest BCUT2D eigenvalue weighted by Gasteiger charge is 2.16. The third-order valence-electron chi connectivity index (χ3n) is 2.30. The van der Waals surface area contributed by atoms with E-state index in [9.17, 15) is 0 Å². The van der Waals surface area contributed by atoms with Crippen LogP contribution in [-0.2, 0) is 12.0 Å². The molecule has 0 radical (unpaired) electrons. The highest BCUT2D eigenvalue weighted by atomic mass is 32.2. The summed E-state index contributed by atoms with van der Waals surface area (Å²) in [6.07, 6.45) is 3.38. The minimum atomic E-state index is 0.174. The Morgan fingerprint density at radius 1 is 1.44 bits per heavy atom. The SMILES string of the molecule is CSCCCNCc1nc(C(C)(C)C)cs1. The molecule has 1 N–H and O–H groups in total. The van der Waals surface area contributed by atoms with Gasteiger partial charge in [0.1, 0.15) is 5.01 Å². The molecule has 0 amide bonds. The normalized spacial score (nSPS) is 12.0. The largest absolute Gasteiger partial charge is 0.310 e. The Bertz CT molecular complexity index is 302. The van der Waals surface area contributed by atoms with Crippen LogP contribution in [0.5, 0.6) is 0 Å². The molecule has 4 heteroatoms. The third-order valence-corrected chi connectivity index (χ3v) is 3.84. The number of thiazole rings is 1. The molecule has 16 heavy (non-hydrogen) atoms. The first-order chi connectivity index (χ1) is 7.54. The number of nitrogens with zero attached hydrogens (tertiary/aromatic N) is 1. The van der Waals surface area contributed by atoms with E-state index in [-0.39, 0.29) is 5.41 Å². The van der Waals surface area contributed by atoms with Gasteiger partial charge in [-0.25, -0.2) is 4.98 Å². The first-order valence-corrected chi connectivity index (χ1v) is 7.96. The molecular formula is C12H22N2S2. The molecule has 0 saturated carbocycles. The minimum Gasteiger partial charge on any atom is -0.310 e. The topological polar surface area (TPSA) is 24.9 Å². The van der Waals surface area contributed by atoms with Gasteiger partial charge >= 0.3 is 0 Å². The lowest BCUT2D eigenvalue weighted by Crippen LogP contribution is -2.16. The summed E-state index contributed by atoms with van der Waals surface area (Å²) in [5.41, 5.74) is 1.38. The average Bonchev–Trinajstić information content (AvgIpc) is 2.65. The Kier molecular flexibility index (Phi) is 5.79. The average molecular weight is 258 g/mol. The molecule has 1 aromatic heterocycles. The van der Waals surface area contributed by atoms with E-state index in [1.807, 2.05) is 11.8 Å². The molecule has 0 aliphatic carbocycles. The van der Waals surface area contributed by atoms with Crippen LogP contribution in [0.25, 0.3) is 0 Å². The van der Waals surface area contributed by atoms with Crippen LogP contribution in [0.15, 0.2) is 5.38 Å². The second-order valence-electron chi connectivity index (χ2n) is 4.90. The zero-order valence-corrected chi connectivity index (χ0v) is 12.3. The minimum absolute atomic E-state index is 0.174. The van der Waals surface area contributed by atoms with Crippen LogP contribution in [0.2, 0.25) is 0 Å². The van der Waals surface area contributed by atoms with E-state index in [1.165, 1.54) is 22.9 Å². The number of hydrogen-bond acceptors (Lipinski definition) is 4. The van der Waals surface area contributed by atoms with Crippen LogP contribution in [0.1, 0.15) is 37.9 Å². The first-order valence-electron chi connectivity index (χ1n) is 5.68. The monoisotopic (exact) mass is 258 g/mol. The predicted octanol–water partition coefficient (Wildman–Crippen LogP) is 3.28. The van der Waals surface area contributed by atoms with Gasteiger partial charge in [0.2, 0.25) is 0 Å². The first kappa shape index (κ1) is 14.0. The Labute approximate surface area is 107 Å². The maximum Gasteiger partial charge on any atom is 0.107 e. The van der Waals surface area contributed by atoms with Gasteiger partial charge in [-0.3, -0.25) is 0 Å². The van der Waals surface area contributed by atoms with Crippen molar-refractivity contribution in [3.05, 3.63) is 16.1 Å². The molecule has 0 spiro atoms. The fourth-order valence-electron chi connectivity index (χ4n) is 1.27. The number of hydrogen-bond donors (Lipinski definition) is 1. The lowest BCUT2D eigenvalue weighted by Gasteiger charge is -2.14. The molecule has 0 aromatic carbocycles. The van der Waals surface area contributed by atoms with E-state index in [2.05, 4.69) is 42.7 Å². The lowest BCUT2D eigenvalue weighted by molar-refractivity contribution is 0.568. The fourth-order valence-corrected chi connectivity index (χ4v) is 2.70. The van der Waals surface area contributed by atoms with Gasteiger partial charge in [-0.15, -0.1) is 11.3 Å². The van der Waals surface area contributed by atoms with Gasteiger partial charge in [0, 0.05) is 17.3 Å². The number of nitrogens with one attached hydrogen (secondary N) is 1. The Morgan fingerprint density at radius 3 is 2.75 bits per heavy atom. The molecule has 0 fully saturated rings. The molecule has 0 unspecified atom stereocenters. The van der Waals surface area contributed by atoms with Crippen molar-refractivity contribution >= 4 is 23.1 Å². The number of aromatic nitrogens is 1. The molecule has 1 rings (SSSR count). The van der Waals surface area contributed by atoms with Crippen molar-refractivity contribution in [2.75, 3.05) is 18.6 Å². The van der Waals surface area contributed by atoms with E-state index >= 15 is 0 Å². The summed E-state index contributed by atoms with van der Waals surface area (Å²) < 4.78 is 0. The van der Waals surface area contributed by atoms with Crippen molar-refractivity contribution in [1.82, 2.24) is 10.3 Å². The smallest absolute Gasteiger partial charge is 0.107 e. The molecule has 92 valence electrons. The van der Waals surface area contributed by atoms with E-state index in [0.717, 1.165) is 13.1 Å². The van der Waals surface area contributed by atoms with Crippen LogP contribution in [0.4, 0.5) is 0 Å². The zero-order chi connectivity index (χ0) is 12.0. The highest BCUT2D eigenvalue weighted by molar-refractivity contribution is 7.98. The molecule has 1 heterocycles. The Morgan fingerprint density at radius 2 is 2.19 bits per heavy atom. The quantitative estimate of drug-likeness (QED) is 0.793. The van der Waals surface area contributed by atoms with Crippen LogP contribution >= 0.6 is 23.1 Å². The molecule has 2 nitrogen and oxygen atoms in total. The molecule has 0 bridgehead atoms. The Balaban J connectivity index is 2.30. The van der Waals surface area contributed by atoms with Crippen LogP contribution in [0.3, 0.4) is 0 Å². The van der Waals surface area contributed by atoms with E-state index < -0.39 is 0 Å². The maximum absolute atomic E-state index is 4.65. The molecular weight excluding hydrogens is 236 g/mol. The van der Waals surface area contributed by atoms with Crippen molar-refractivity contribution in [2.24, 2.45) is 0 Å². The molecule has 0 aliphatic rings. The summed E-state index contributed by atoms with van der Waals surface area (Å²) in [6, 6.07) is 0. The second kappa shape index (κ2) is 6.62. The van der Waals surface area contributed by atoms with Gasteiger partial charge < -0.3 is 5.32 Å². The molecule has 0 aliphatic heterocycles. The number of thioether (sulfide) groups is 1. The summed E-state index contributed by atoms with van der Waals surface area (Å²) in [7, 11) is 0. The summed E-state index contributed by atoms with van der Waals surface area (Å²) in [5, 5.41) is 6.82. The summed E-state index contributed by atoms with van der Waals surface area (Å²) >= 11 is 3.66. The van der Waals surface area contributed by atoms with Gasteiger partial charge in [0.25, 0.3) is 0 Å². The van der Waals surface area contributed by atoms with Crippen molar-refractivity contribution in [1.29, 1.82) is 0 Å². The summed E-state index contributed by atoms with van der Waals surface area (Å²) in [6.45, 7) is 8.62. The van der Waals surface area contributed by atoms with Crippen LogP contribution in [0, 0.1) is 0 Å². The predicted molar refractivity (Wildman–Crippen MR) is 75.5 cm³/mol. The van der Waals surface area contributed by atoms with Crippen molar-refractivity contribution in [3.63, 3.8) is 0 Å². The summed E-state index contributed by atoms with van der Waals surface area (Å²) in [5.74, 6) is 1.23. The third kappa shape index (κ3) is 4.85. The van der Waals surface area contributed by atoms with Crippen molar-refractivity contribution < 1.29 is 0 Å². The molecule has 0 atom stereocenters. The lowest BCUT2D eigenvalue weighted by atomic mass is 9.93. The van der Waals surface area contributed by atoms with Crippen LogP contribution < -0.4 is 5.32 Å². The van der Waals surface area contributed by atoms with E-state index in [1.54, 1.807) is 11.3 Å². The van der Waals surface area contributed by atoms with Crippen molar-refractivity contribution in [3.8, 4) is 0 Å².